The van der Waals surface area contributed by atoms with E-state index >= 15 is 0 Å². The van der Waals surface area contributed by atoms with Crippen LogP contribution in [0.1, 0.15) is 29.4 Å². The molecule has 2 nitrogen and oxygen atoms in total. The fourth-order valence-corrected chi connectivity index (χ4v) is 3.53. The highest BCUT2D eigenvalue weighted by molar-refractivity contribution is 9.11. The van der Waals surface area contributed by atoms with Crippen molar-refractivity contribution in [3.8, 4) is 0 Å². The van der Waals surface area contributed by atoms with E-state index < -0.39 is 0 Å². The van der Waals surface area contributed by atoms with Gasteiger partial charge in [0.1, 0.15) is 0 Å². The topological polar surface area (TPSA) is 29.5 Å². The number of aliphatic hydroxyl groups excluding tert-OH is 1. The number of hydrogen-bond donors (Lipinski definition) is 1. The van der Waals surface area contributed by atoms with Gasteiger partial charge in [0.2, 0.25) is 0 Å². The highest BCUT2D eigenvalue weighted by Gasteiger charge is 2.25. The van der Waals surface area contributed by atoms with Crippen molar-refractivity contribution < 1.29 is 9.84 Å². The molecule has 1 N–H and O–H groups in total. The predicted molar refractivity (Wildman–Crippen MR) is 65.3 cm³/mol. The van der Waals surface area contributed by atoms with E-state index in [1.807, 2.05) is 6.92 Å². The van der Waals surface area contributed by atoms with Gasteiger partial charge in [-0.15, -0.1) is 11.3 Å². The van der Waals surface area contributed by atoms with Gasteiger partial charge in [0.25, 0.3) is 0 Å². The number of rotatable bonds is 2. The van der Waals surface area contributed by atoms with Crippen LogP contribution in [0.15, 0.2) is 9.85 Å². The molecular weight excluding hydrogens is 276 g/mol. The van der Waals surface area contributed by atoms with Gasteiger partial charge in [0.15, 0.2) is 0 Å². The van der Waals surface area contributed by atoms with Crippen LogP contribution in [0.25, 0.3) is 0 Å². The summed E-state index contributed by atoms with van der Waals surface area (Å²) in [4.78, 5) is 1.05. The lowest BCUT2D eigenvalue weighted by atomic mass is 9.95. The Hall–Kier alpha value is 0.100. The van der Waals surface area contributed by atoms with E-state index in [9.17, 15) is 5.11 Å². The third-order valence-corrected chi connectivity index (χ3v) is 5.02. The van der Waals surface area contributed by atoms with Crippen LogP contribution < -0.4 is 0 Å². The Bertz CT molecular complexity index is 312. The van der Waals surface area contributed by atoms with Gasteiger partial charge in [0, 0.05) is 17.4 Å². The van der Waals surface area contributed by atoms with E-state index in [-0.39, 0.29) is 12.0 Å². The van der Waals surface area contributed by atoms with Crippen LogP contribution in [0.5, 0.6) is 0 Å². The van der Waals surface area contributed by atoms with E-state index in [2.05, 4.69) is 22.0 Å². The first-order valence-electron chi connectivity index (χ1n) is 5.20. The molecular formula is C11H15BrO2S. The molecule has 0 saturated carbocycles. The first-order chi connectivity index (χ1) is 7.18. The highest BCUT2D eigenvalue weighted by Crippen LogP contribution is 2.36. The average molecular weight is 291 g/mol. The summed E-state index contributed by atoms with van der Waals surface area (Å²) >= 11 is 5.11. The largest absolute Gasteiger partial charge is 0.387 e. The predicted octanol–water partition coefficient (Wildman–Crippen LogP) is 3.28. The minimum absolute atomic E-state index is 0.267. The summed E-state index contributed by atoms with van der Waals surface area (Å²) in [5.74, 6) is 0.267. The van der Waals surface area contributed by atoms with Crippen LogP contribution in [0.3, 0.4) is 0 Å². The van der Waals surface area contributed by atoms with Crippen molar-refractivity contribution in [1.29, 1.82) is 0 Å². The summed E-state index contributed by atoms with van der Waals surface area (Å²) in [7, 11) is 0. The van der Waals surface area contributed by atoms with Gasteiger partial charge in [-0.3, -0.25) is 0 Å². The molecule has 0 amide bonds. The lowest BCUT2D eigenvalue weighted by Gasteiger charge is -2.25. The van der Waals surface area contributed by atoms with Crippen LogP contribution in [-0.2, 0) is 4.74 Å². The number of aryl methyl sites for hydroxylation is 1. The molecule has 1 fully saturated rings. The van der Waals surface area contributed by atoms with Crippen LogP contribution in [0, 0.1) is 12.8 Å². The Balaban J connectivity index is 2.08. The normalized spacial score (nSPS) is 24.1. The molecule has 0 aliphatic carbocycles. The minimum atomic E-state index is -0.361. The number of halogens is 1. The maximum Gasteiger partial charge on any atom is 0.0932 e. The second-order valence-corrected chi connectivity index (χ2v) is 6.43. The lowest BCUT2D eigenvalue weighted by molar-refractivity contribution is -0.00864. The minimum Gasteiger partial charge on any atom is -0.387 e. The fraction of sp³-hybridized carbons (Fsp3) is 0.636. The summed E-state index contributed by atoms with van der Waals surface area (Å²) in [6.07, 6.45) is 1.77. The van der Waals surface area contributed by atoms with Gasteiger partial charge in [0.05, 0.1) is 16.5 Å². The molecule has 1 aliphatic heterocycles. The molecule has 1 aromatic heterocycles. The van der Waals surface area contributed by atoms with Gasteiger partial charge in [-0.25, -0.2) is 0 Å². The second kappa shape index (κ2) is 4.95. The SMILES string of the molecule is Cc1cc(C(O)C2CCCOC2)sc1Br. The van der Waals surface area contributed by atoms with Crippen molar-refractivity contribution in [2.45, 2.75) is 25.9 Å². The third-order valence-electron chi connectivity index (χ3n) is 2.81. The molecule has 84 valence electrons. The Morgan fingerprint density at radius 2 is 2.47 bits per heavy atom. The van der Waals surface area contributed by atoms with Crippen molar-refractivity contribution in [3.05, 3.63) is 20.3 Å². The molecule has 2 heterocycles. The Morgan fingerprint density at radius 3 is 3.00 bits per heavy atom. The molecule has 2 unspecified atom stereocenters. The van der Waals surface area contributed by atoms with Gasteiger partial charge >= 0.3 is 0 Å². The standard InChI is InChI=1S/C11H15BrO2S/c1-7-5-9(15-11(7)12)10(13)8-3-2-4-14-6-8/h5,8,10,13H,2-4,6H2,1H3. The summed E-state index contributed by atoms with van der Waals surface area (Å²) in [6, 6.07) is 2.06. The van der Waals surface area contributed by atoms with Gasteiger partial charge in [-0.2, -0.15) is 0 Å². The van der Waals surface area contributed by atoms with Crippen molar-refractivity contribution in [1.82, 2.24) is 0 Å². The molecule has 0 bridgehead atoms. The second-order valence-electron chi connectivity index (χ2n) is 4.03. The zero-order valence-electron chi connectivity index (χ0n) is 8.70. The van der Waals surface area contributed by atoms with Gasteiger partial charge in [-0.05, 0) is 47.3 Å². The number of ether oxygens (including phenoxy) is 1. The smallest absolute Gasteiger partial charge is 0.0932 e. The van der Waals surface area contributed by atoms with Crippen molar-refractivity contribution in [3.63, 3.8) is 0 Å². The van der Waals surface area contributed by atoms with E-state index in [1.54, 1.807) is 11.3 Å². The molecule has 1 aliphatic rings. The quantitative estimate of drug-likeness (QED) is 0.906. The number of thiophene rings is 1. The maximum atomic E-state index is 10.2. The maximum absolute atomic E-state index is 10.2. The first-order valence-corrected chi connectivity index (χ1v) is 6.81. The Kier molecular flexibility index (Phi) is 3.83. The Morgan fingerprint density at radius 1 is 1.67 bits per heavy atom. The van der Waals surface area contributed by atoms with E-state index in [0.29, 0.717) is 6.61 Å². The van der Waals surface area contributed by atoms with Crippen molar-refractivity contribution in [2.24, 2.45) is 5.92 Å². The number of hydrogen-bond acceptors (Lipinski definition) is 3. The molecule has 2 rings (SSSR count). The van der Waals surface area contributed by atoms with Crippen LogP contribution in [-0.4, -0.2) is 18.3 Å². The van der Waals surface area contributed by atoms with E-state index in [1.165, 1.54) is 5.56 Å². The van der Waals surface area contributed by atoms with Crippen LogP contribution >= 0.6 is 27.3 Å². The van der Waals surface area contributed by atoms with E-state index in [0.717, 1.165) is 28.1 Å². The molecule has 1 saturated heterocycles. The number of aliphatic hydroxyl groups is 1. The molecule has 4 heteroatoms. The monoisotopic (exact) mass is 290 g/mol. The van der Waals surface area contributed by atoms with Crippen molar-refractivity contribution >= 4 is 27.3 Å². The van der Waals surface area contributed by atoms with Crippen LogP contribution in [0.4, 0.5) is 0 Å². The van der Waals surface area contributed by atoms with Gasteiger partial charge in [-0.1, -0.05) is 0 Å². The fourth-order valence-electron chi connectivity index (χ4n) is 1.88. The molecule has 0 aromatic carbocycles. The summed E-state index contributed by atoms with van der Waals surface area (Å²) in [5.41, 5.74) is 1.20. The van der Waals surface area contributed by atoms with E-state index in [4.69, 9.17) is 4.74 Å². The molecule has 2 atom stereocenters. The van der Waals surface area contributed by atoms with Gasteiger partial charge < -0.3 is 9.84 Å². The summed E-state index contributed by atoms with van der Waals surface area (Å²) in [6.45, 7) is 3.58. The molecule has 15 heavy (non-hydrogen) atoms. The molecule has 0 spiro atoms. The Labute approximate surface area is 102 Å². The first kappa shape index (κ1) is 11.6. The summed E-state index contributed by atoms with van der Waals surface area (Å²) < 4.78 is 6.51. The highest BCUT2D eigenvalue weighted by atomic mass is 79.9. The summed E-state index contributed by atoms with van der Waals surface area (Å²) in [5, 5.41) is 10.2. The van der Waals surface area contributed by atoms with Crippen LogP contribution in [0.2, 0.25) is 0 Å². The third kappa shape index (κ3) is 2.61. The lowest BCUT2D eigenvalue weighted by Crippen LogP contribution is -2.23. The zero-order chi connectivity index (χ0) is 10.8. The molecule has 0 radical (unpaired) electrons. The van der Waals surface area contributed by atoms with Crippen molar-refractivity contribution in [2.75, 3.05) is 13.2 Å². The zero-order valence-corrected chi connectivity index (χ0v) is 11.1. The molecule has 1 aromatic rings. The average Bonchev–Trinajstić information content (AvgIpc) is 2.59.